The lowest BCUT2D eigenvalue weighted by Gasteiger charge is -2.11. The third-order valence-electron chi connectivity index (χ3n) is 3.96. The van der Waals surface area contributed by atoms with Crippen LogP contribution in [0.4, 0.5) is 5.69 Å². The predicted octanol–water partition coefficient (Wildman–Crippen LogP) is 5.05. The maximum absolute atomic E-state index is 12.6. The molecule has 3 rings (SSSR count). The number of benzene rings is 3. The van der Waals surface area contributed by atoms with Crippen molar-refractivity contribution >= 4 is 23.2 Å². The Morgan fingerprint density at radius 2 is 1.93 bits per heavy atom. The lowest BCUT2D eigenvalue weighted by molar-refractivity contribution is 0.102. The van der Waals surface area contributed by atoms with Gasteiger partial charge < -0.3 is 14.8 Å². The number of nitriles is 1. The molecule has 0 saturated heterocycles. The molecule has 5 nitrogen and oxygen atoms in total. The molecule has 3 aromatic rings. The van der Waals surface area contributed by atoms with E-state index in [9.17, 15) is 4.79 Å². The average molecular weight is 393 g/mol. The summed E-state index contributed by atoms with van der Waals surface area (Å²) in [5.74, 6) is 0.686. The zero-order valence-electron chi connectivity index (χ0n) is 15.1. The standard InChI is InChI=1S/C22H17ClN2O3/c1-27-21-11-17(23)8-9-20(21)22(26)25-18-6-3-7-19(12-18)28-14-16-5-2-4-15(10-16)13-24/h2-12H,14H2,1H3,(H,25,26). The highest BCUT2D eigenvalue weighted by Crippen LogP contribution is 2.25. The molecule has 3 aromatic carbocycles. The highest BCUT2D eigenvalue weighted by atomic mass is 35.5. The second-order valence-corrected chi connectivity index (χ2v) is 6.36. The van der Waals surface area contributed by atoms with Gasteiger partial charge >= 0.3 is 0 Å². The molecule has 0 aromatic heterocycles. The van der Waals surface area contributed by atoms with Gasteiger partial charge in [-0.25, -0.2) is 0 Å². The molecule has 0 radical (unpaired) electrons. The Labute approximate surface area is 168 Å². The number of carbonyl (C=O) groups excluding carboxylic acids is 1. The maximum Gasteiger partial charge on any atom is 0.259 e. The summed E-state index contributed by atoms with van der Waals surface area (Å²) in [6.07, 6.45) is 0. The van der Waals surface area contributed by atoms with Crippen molar-refractivity contribution in [2.24, 2.45) is 0 Å². The predicted molar refractivity (Wildman–Crippen MR) is 108 cm³/mol. The summed E-state index contributed by atoms with van der Waals surface area (Å²) in [6, 6.07) is 21.2. The first-order valence-corrected chi connectivity index (χ1v) is 8.83. The summed E-state index contributed by atoms with van der Waals surface area (Å²) in [6.45, 7) is 0.317. The number of carbonyl (C=O) groups is 1. The second kappa shape index (κ2) is 8.94. The summed E-state index contributed by atoms with van der Waals surface area (Å²) in [7, 11) is 1.48. The summed E-state index contributed by atoms with van der Waals surface area (Å²) in [4.78, 5) is 12.6. The van der Waals surface area contributed by atoms with Crippen molar-refractivity contribution in [1.82, 2.24) is 0 Å². The van der Waals surface area contributed by atoms with Crippen LogP contribution in [0.5, 0.6) is 11.5 Å². The van der Waals surface area contributed by atoms with Crippen LogP contribution in [0, 0.1) is 11.3 Å². The van der Waals surface area contributed by atoms with Crippen LogP contribution in [0.3, 0.4) is 0 Å². The van der Waals surface area contributed by atoms with Crippen LogP contribution in [-0.4, -0.2) is 13.0 Å². The fourth-order valence-electron chi connectivity index (χ4n) is 2.61. The van der Waals surface area contributed by atoms with Crippen LogP contribution in [-0.2, 0) is 6.61 Å². The average Bonchev–Trinajstić information content (AvgIpc) is 2.72. The third-order valence-corrected chi connectivity index (χ3v) is 4.20. The molecule has 0 aliphatic rings. The summed E-state index contributed by atoms with van der Waals surface area (Å²) in [5, 5.41) is 12.3. The highest BCUT2D eigenvalue weighted by molar-refractivity contribution is 6.31. The molecule has 0 aliphatic heterocycles. The second-order valence-electron chi connectivity index (χ2n) is 5.93. The molecule has 1 N–H and O–H groups in total. The van der Waals surface area contributed by atoms with Gasteiger partial charge in [-0.1, -0.05) is 29.8 Å². The largest absolute Gasteiger partial charge is 0.496 e. The van der Waals surface area contributed by atoms with Crippen LogP contribution >= 0.6 is 11.6 Å². The molecule has 0 aliphatic carbocycles. The normalized spacial score (nSPS) is 10.0. The van der Waals surface area contributed by atoms with Gasteiger partial charge in [0.05, 0.1) is 24.3 Å². The Morgan fingerprint density at radius 3 is 2.71 bits per heavy atom. The first kappa shape index (κ1) is 19.3. The van der Waals surface area contributed by atoms with E-state index in [0.717, 1.165) is 5.56 Å². The molecule has 140 valence electrons. The zero-order valence-corrected chi connectivity index (χ0v) is 15.9. The quantitative estimate of drug-likeness (QED) is 0.637. The Balaban J connectivity index is 1.69. The van der Waals surface area contributed by atoms with Gasteiger partial charge in [-0.2, -0.15) is 5.26 Å². The molecule has 0 saturated carbocycles. The Bertz CT molecular complexity index is 1040. The number of nitrogens with one attached hydrogen (secondary N) is 1. The Hall–Kier alpha value is -3.49. The lowest BCUT2D eigenvalue weighted by atomic mass is 10.1. The van der Waals surface area contributed by atoms with E-state index < -0.39 is 0 Å². The van der Waals surface area contributed by atoms with Crippen LogP contribution < -0.4 is 14.8 Å². The fourth-order valence-corrected chi connectivity index (χ4v) is 2.77. The number of ether oxygens (including phenoxy) is 2. The summed E-state index contributed by atoms with van der Waals surface area (Å²) < 4.78 is 11.0. The van der Waals surface area contributed by atoms with Crippen LogP contribution in [0.25, 0.3) is 0 Å². The minimum absolute atomic E-state index is 0.313. The molecule has 0 atom stereocenters. The molecule has 0 unspecified atom stereocenters. The van der Waals surface area contributed by atoms with E-state index in [4.69, 9.17) is 26.3 Å². The van der Waals surface area contributed by atoms with Gasteiger partial charge in [0, 0.05) is 16.8 Å². The monoisotopic (exact) mass is 392 g/mol. The van der Waals surface area contributed by atoms with E-state index >= 15 is 0 Å². The third kappa shape index (κ3) is 4.81. The van der Waals surface area contributed by atoms with E-state index in [1.807, 2.05) is 12.1 Å². The van der Waals surface area contributed by atoms with Gasteiger partial charge in [0.1, 0.15) is 18.1 Å². The smallest absolute Gasteiger partial charge is 0.259 e. The fraction of sp³-hybridized carbons (Fsp3) is 0.0909. The Morgan fingerprint density at radius 1 is 1.11 bits per heavy atom. The number of rotatable bonds is 6. The molecular weight excluding hydrogens is 376 g/mol. The van der Waals surface area contributed by atoms with E-state index in [0.29, 0.717) is 39.9 Å². The van der Waals surface area contributed by atoms with Crippen molar-refractivity contribution in [1.29, 1.82) is 5.26 Å². The van der Waals surface area contributed by atoms with Crippen molar-refractivity contribution < 1.29 is 14.3 Å². The van der Waals surface area contributed by atoms with Crippen molar-refractivity contribution in [2.45, 2.75) is 6.61 Å². The Kier molecular flexibility index (Phi) is 6.15. The number of hydrogen-bond donors (Lipinski definition) is 1. The van der Waals surface area contributed by atoms with Crippen molar-refractivity contribution in [3.63, 3.8) is 0 Å². The molecule has 0 bridgehead atoms. The van der Waals surface area contributed by atoms with Gasteiger partial charge in [0.2, 0.25) is 0 Å². The minimum Gasteiger partial charge on any atom is -0.496 e. The number of anilines is 1. The van der Waals surface area contributed by atoms with Crippen molar-refractivity contribution in [2.75, 3.05) is 12.4 Å². The first-order valence-electron chi connectivity index (χ1n) is 8.46. The van der Waals surface area contributed by atoms with Crippen molar-refractivity contribution in [3.8, 4) is 17.6 Å². The van der Waals surface area contributed by atoms with E-state index in [1.54, 1.807) is 54.6 Å². The van der Waals surface area contributed by atoms with Gasteiger partial charge in [0.25, 0.3) is 5.91 Å². The number of halogens is 1. The zero-order chi connectivity index (χ0) is 19.9. The number of nitrogens with zero attached hydrogens (tertiary/aromatic N) is 1. The molecule has 6 heteroatoms. The van der Waals surface area contributed by atoms with Gasteiger partial charge in [-0.3, -0.25) is 4.79 Å². The van der Waals surface area contributed by atoms with E-state index in [2.05, 4.69) is 11.4 Å². The van der Waals surface area contributed by atoms with Crippen LogP contribution in [0.15, 0.2) is 66.7 Å². The number of amides is 1. The SMILES string of the molecule is COc1cc(Cl)ccc1C(=O)Nc1cccc(OCc2cccc(C#N)c2)c1. The topological polar surface area (TPSA) is 71.3 Å². The van der Waals surface area contributed by atoms with Crippen LogP contribution in [0.2, 0.25) is 5.02 Å². The molecule has 1 amide bonds. The molecule has 0 heterocycles. The highest BCUT2D eigenvalue weighted by Gasteiger charge is 2.13. The van der Waals surface area contributed by atoms with Crippen LogP contribution in [0.1, 0.15) is 21.5 Å². The van der Waals surface area contributed by atoms with E-state index in [-0.39, 0.29) is 5.91 Å². The molecule has 0 fully saturated rings. The summed E-state index contributed by atoms with van der Waals surface area (Å²) in [5.41, 5.74) is 2.44. The summed E-state index contributed by atoms with van der Waals surface area (Å²) >= 11 is 5.94. The molecule has 28 heavy (non-hydrogen) atoms. The molecular formula is C22H17ClN2O3. The maximum atomic E-state index is 12.6. The van der Waals surface area contributed by atoms with Gasteiger partial charge in [0.15, 0.2) is 0 Å². The lowest BCUT2D eigenvalue weighted by Crippen LogP contribution is -2.13. The van der Waals surface area contributed by atoms with E-state index in [1.165, 1.54) is 7.11 Å². The van der Waals surface area contributed by atoms with Gasteiger partial charge in [-0.05, 0) is 48.0 Å². The molecule has 0 spiro atoms. The minimum atomic E-state index is -0.313. The van der Waals surface area contributed by atoms with Crippen molar-refractivity contribution in [3.05, 3.63) is 88.4 Å². The van der Waals surface area contributed by atoms with Gasteiger partial charge in [-0.15, -0.1) is 0 Å². The number of methoxy groups -OCH3 is 1. The first-order chi connectivity index (χ1) is 13.6. The number of hydrogen-bond acceptors (Lipinski definition) is 4.